The van der Waals surface area contributed by atoms with E-state index >= 15 is 0 Å². The molecule has 9 N–H and O–H groups in total. The maximum atomic E-state index is 12.2. The van der Waals surface area contributed by atoms with Crippen molar-refractivity contribution in [3.8, 4) is 0 Å². The van der Waals surface area contributed by atoms with Crippen molar-refractivity contribution in [2.75, 3.05) is 6.54 Å². The Hall–Kier alpha value is -3.22. The summed E-state index contributed by atoms with van der Waals surface area (Å²) in [6.45, 7) is 2.85. The van der Waals surface area contributed by atoms with Crippen molar-refractivity contribution in [1.29, 1.82) is 0 Å². The van der Waals surface area contributed by atoms with Crippen LogP contribution in [-0.4, -0.2) is 70.5 Å². The fraction of sp³-hybridized carbons (Fsp3) is 0.647. The average molecular weight is 431 g/mol. The molecule has 0 bridgehead atoms. The van der Waals surface area contributed by atoms with Crippen LogP contribution in [0.15, 0.2) is 0 Å². The van der Waals surface area contributed by atoms with Gasteiger partial charge in [-0.3, -0.25) is 24.0 Å². The van der Waals surface area contributed by atoms with Gasteiger partial charge in [-0.15, -0.1) is 0 Å². The highest BCUT2D eigenvalue weighted by Crippen LogP contribution is 2.06. The van der Waals surface area contributed by atoms with Crippen molar-refractivity contribution < 1.29 is 39.0 Å². The van der Waals surface area contributed by atoms with Crippen LogP contribution in [0.25, 0.3) is 0 Å². The van der Waals surface area contributed by atoms with Crippen molar-refractivity contribution in [1.82, 2.24) is 16.0 Å². The summed E-state index contributed by atoms with van der Waals surface area (Å²) < 4.78 is 0. The molecule has 0 aliphatic heterocycles. The minimum Gasteiger partial charge on any atom is -0.481 e. The van der Waals surface area contributed by atoms with Crippen LogP contribution in [0.2, 0.25) is 0 Å². The number of hydrogen-bond donors (Lipinski definition) is 7. The number of carboxylic acid groups (broad SMARTS) is 2. The molecule has 0 rings (SSSR count). The van der Waals surface area contributed by atoms with E-state index in [9.17, 15) is 28.8 Å². The number of hydrogen-bond acceptors (Lipinski definition) is 7. The molecule has 0 aromatic heterocycles. The number of carbonyl (C=O) groups excluding carboxylic acids is 4. The zero-order valence-corrected chi connectivity index (χ0v) is 16.8. The van der Waals surface area contributed by atoms with Gasteiger partial charge in [0.25, 0.3) is 0 Å². The molecule has 13 nitrogen and oxygen atoms in total. The van der Waals surface area contributed by atoms with E-state index in [0.29, 0.717) is 6.42 Å². The monoisotopic (exact) mass is 431 g/mol. The van der Waals surface area contributed by atoms with Gasteiger partial charge in [0.05, 0.1) is 19.0 Å². The van der Waals surface area contributed by atoms with E-state index in [2.05, 4.69) is 16.0 Å². The number of carbonyl (C=O) groups is 6. The highest BCUT2D eigenvalue weighted by molar-refractivity contribution is 5.94. The van der Waals surface area contributed by atoms with Gasteiger partial charge in [-0.2, -0.15) is 0 Å². The standard InChI is InChI=1S/C17H29N5O8/c1-3-8(2)14(19)16(28)22-10(6-13(25)26)15(27)20-7-12(24)21-9(17(29)30)4-5-11(18)23/h8-10,14H,3-7,19H2,1-2H3,(H2,18,23)(H,20,27)(H,21,24)(H,22,28)(H,25,26)(H,29,30). The summed E-state index contributed by atoms with van der Waals surface area (Å²) >= 11 is 0. The van der Waals surface area contributed by atoms with E-state index in [4.69, 9.17) is 21.7 Å². The normalized spacial score (nSPS) is 14.5. The number of nitrogens with two attached hydrogens (primary N) is 2. The summed E-state index contributed by atoms with van der Waals surface area (Å²) in [5, 5.41) is 24.5. The summed E-state index contributed by atoms with van der Waals surface area (Å²) in [6.07, 6.45) is -0.670. The Bertz CT molecular complexity index is 669. The molecule has 30 heavy (non-hydrogen) atoms. The zero-order valence-electron chi connectivity index (χ0n) is 16.8. The summed E-state index contributed by atoms with van der Waals surface area (Å²) in [4.78, 5) is 69.1. The minimum absolute atomic E-state index is 0.210. The topological polar surface area (TPSA) is 231 Å². The number of carboxylic acids is 2. The third-order valence-corrected chi connectivity index (χ3v) is 4.31. The number of nitrogens with one attached hydrogen (secondary N) is 3. The lowest BCUT2D eigenvalue weighted by atomic mass is 9.99. The van der Waals surface area contributed by atoms with Gasteiger partial charge in [-0.05, 0) is 12.3 Å². The molecule has 0 spiro atoms. The Labute approximate surface area is 172 Å². The van der Waals surface area contributed by atoms with E-state index in [-0.39, 0.29) is 18.8 Å². The van der Waals surface area contributed by atoms with Gasteiger partial charge >= 0.3 is 11.9 Å². The number of aliphatic carboxylic acids is 2. The van der Waals surface area contributed by atoms with Crippen molar-refractivity contribution in [3.05, 3.63) is 0 Å². The van der Waals surface area contributed by atoms with Gasteiger partial charge in [-0.1, -0.05) is 20.3 Å². The SMILES string of the molecule is CCC(C)C(N)C(=O)NC(CC(=O)O)C(=O)NCC(=O)NC(CCC(N)=O)C(=O)O. The summed E-state index contributed by atoms with van der Waals surface area (Å²) in [5.41, 5.74) is 10.7. The van der Waals surface area contributed by atoms with Gasteiger partial charge in [0.15, 0.2) is 0 Å². The van der Waals surface area contributed by atoms with Crippen LogP contribution < -0.4 is 27.4 Å². The molecule has 4 unspecified atom stereocenters. The predicted molar refractivity (Wildman–Crippen MR) is 103 cm³/mol. The molecule has 0 saturated carbocycles. The van der Waals surface area contributed by atoms with Crippen molar-refractivity contribution in [2.45, 2.75) is 57.7 Å². The van der Waals surface area contributed by atoms with E-state index in [1.807, 2.05) is 6.92 Å². The third-order valence-electron chi connectivity index (χ3n) is 4.31. The lowest BCUT2D eigenvalue weighted by molar-refractivity contribution is -0.143. The molecule has 0 aromatic carbocycles. The molecule has 0 radical (unpaired) electrons. The Kier molecular flexibility index (Phi) is 11.7. The lowest BCUT2D eigenvalue weighted by Gasteiger charge is -2.22. The van der Waals surface area contributed by atoms with Crippen LogP contribution >= 0.6 is 0 Å². The fourth-order valence-electron chi connectivity index (χ4n) is 2.24. The van der Waals surface area contributed by atoms with Gasteiger partial charge in [0, 0.05) is 6.42 Å². The van der Waals surface area contributed by atoms with Crippen molar-refractivity contribution in [3.63, 3.8) is 0 Å². The molecule has 170 valence electrons. The van der Waals surface area contributed by atoms with Crippen LogP contribution in [0.1, 0.15) is 39.5 Å². The molecule has 4 atom stereocenters. The first-order valence-electron chi connectivity index (χ1n) is 9.24. The second kappa shape index (κ2) is 13.1. The minimum atomic E-state index is -1.48. The van der Waals surface area contributed by atoms with E-state index in [0.717, 1.165) is 0 Å². The molecule has 13 heteroatoms. The van der Waals surface area contributed by atoms with Crippen molar-refractivity contribution >= 4 is 35.6 Å². The van der Waals surface area contributed by atoms with E-state index in [1.54, 1.807) is 6.92 Å². The van der Waals surface area contributed by atoms with Gasteiger partial charge in [0.1, 0.15) is 12.1 Å². The van der Waals surface area contributed by atoms with Crippen LogP contribution in [0, 0.1) is 5.92 Å². The average Bonchev–Trinajstić information content (AvgIpc) is 2.66. The first-order chi connectivity index (χ1) is 13.9. The molecule has 0 aromatic rings. The predicted octanol–water partition coefficient (Wildman–Crippen LogP) is -2.73. The van der Waals surface area contributed by atoms with Gasteiger partial charge in [0.2, 0.25) is 23.6 Å². The third kappa shape index (κ3) is 10.4. The number of rotatable bonds is 14. The van der Waals surface area contributed by atoms with Gasteiger partial charge in [-0.25, -0.2) is 4.79 Å². The molecule has 0 fully saturated rings. The molecule has 0 heterocycles. The van der Waals surface area contributed by atoms with Crippen LogP contribution in [0.5, 0.6) is 0 Å². The Morgan fingerprint density at radius 3 is 2.03 bits per heavy atom. The summed E-state index contributed by atoms with van der Waals surface area (Å²) in [6, 6.07) is -3.84. The molecule has 4 amide bonds. The molecule has 0 aliphatic rings. The van der Waals surface area contributed by atoms with E-state index < -0.39 is 66.7 Å². The Balaban J connectivity index is 4.89. The molecular formula is C17H29N5O8. The lowest BCUT2D eigenvalue weighted by Crippen LogP contribution is -2.55. The van der Waals surface area contributed by atoms with Crippen LogP contribution in [-0.2, 0) is 28.8 Å². The highest BCUT2D eigenvalue weighted by Gasteiger charge is 2.28. The smallest absolute Gasteiger partial charge is 0.326 e. The maximum absolute atomic E-state index is 12.2. The Morgan fingerprint density at radius 2 is 1.57 bits per heavy atom. The first-order valence-corrected chi connectivity index (χ1v) is 9.24. The number of primary amides is 1. The zero-order chi connectivity index (χ0) is 23.4. The van der Waals surface area contributed by atoms with Crippen LogP contribution in [0.4, 0.5) is 0 Å². The maximum Gasteiger partial charge on any atom is 0.326 e. The summed E-state index contributed by atoms with van der Waals surface area (Å²) in [5.74, 6) is -6.28. The van der Waals surface area contributed by atoms with Crippen LogP contribution in [0.3, 0.4) is 0 Å². The molecule has 0 saturated heterocycles. The molecular weight excluding hydrogens is 402 g/mol. The summed E-state index contributed by atoms with van der Waals surface area (Å²) in [7, 11) is 0. The van der Waals surface area contributed by atoms with Crippen molar-refractivity contribution in [2.24, 2.45) is 17.4 Å². The Morgan fingerprint density at radius 1 is 0.967 bits per heavy atom. The highest BCUT2D eigenvalue weighted by atomic mass is 16.4. The van der Waals surface area contributed by atoms with E-state index in [1.165, 1.54) is 0 Å². The fourth-order valence-corrected chi connectivity index (χ4v) is 2.24. The largest absolute Gasteiger partial charge is 0.481 e. The molecule has 0 aliphatic carbocycles. The van der Waals surface area contributed by atoms with Gasteiger partial charge < -0.3 is 37.6 Å². The second-order valence-electron chi connectivity index (χ2n) is 6.75. The quantitative estimate of drug-likeness (QED) is 0.151. The number of amides is 4. The first kappa shape index (κ1) is 26.8. The second-order valence-corrected chi connectivity index (χ2v) is 6.75.